The second-order valence-electron chi connectivity index (χ2n) is 5.02. The lowest BCUT2D eigenvalue weighted by atomic mass is 10.2. The van der Waals surface area contributed by atoms with E-state index in [9.17, 15) is 13.6 Å². The van der Waals surface area contributed by atoms with Gasteiger partial charge >= 0.3 is 12.6 Å². The number of aromatic nitrogens is 2. The first-order valence-electron chi connectivity index (χ1n) is 7.26. The van der Waals surface area contributed by atoms with E-state index in [0.717, 1.165) is 0 Å². The Morgan fingerprint density at radius 2 is 1.80 bits per heavy atom. The van der Waals surface area contributed by atoms with Crippen LogP contribution in [0, 0.1) is 0 Å². The van der Waals surface area contributed by atoms with Crippen molar-refractivity contribution in [2.24, 2.45) is 0 Å². The third-order valence-corrected chi connectivity index (χ3v) is 3.33. The number of nitrogens with zero attached hydrogens (tertiary/aromatic N) is 2. The van der Waals surface area contributed by atoms with Gasteiger partial charge in [-0.1, -0.05) is 12.1 Å². The van der Waals surface area contributed by atoms with Gasteiger partial charge in [-0.3, -0.25) is 0 Å². The first-order valence-corrected chi connectivity index (χ1v) is 7.26. The number of rotatable bonds is 5. The summed E-state index contributed by atoms with van der Waals surface area (Å²) < 4.78 is 33.5. The van der Waals surface area contributed by atoms with Crippen LogP contribution in [0.15, 0.2) is 48.5 Å². The van der Waals surface area contributed by atoms with Gasteiger partial charge in [-0.05, 0) is 36.4 Å². The zero-order chi connectivity index (χ0) is 17.8. The smallest absolute Gasteiger partial charge is 0.387 e. The quantitative estimate of drug-likeness (QED) is 0.715. The monoisotopic (exact) mass is 345 g/mol. The number of hydrogen-bond donors (Lipinski definition) is 1. The van der Waals surface area contributed by atoms with Gasteiger partial charge < -0.3 is 15.2 Å². The van der Waals surface area contributed by atoms with Crippen molar-refractivity contribution >= 4 is 22.7 Å². The Labute approximate surface area is 141 Å². The largest absolute Gasteiger partial charge is 0.454 e. The number of benzene rings is 2. The van der Waals surface area contributed by atoms with Crippen molar-refractivity contribution < 1.29 is 23.0 Å². The van der Waals surface area contributed by atoms with Gasteiger partial charge in [0.2, 0.25) is 0 Å². The van der Waals surface area contributed by atoms with Crippen molar-refractivity contribution in [3.63, 3.8) is 0 Å². The van der Waals surface area contributed by atoms with Crippen LogP contribution in [0.3, 0.4) is 0 Å². The van der Waals surface area contributed by atoms with Crippen LogP contribution in [0.2, 0.25) is 0 Å². The Hall–Kier alpha value is -3.29. The fraction of sp³-hybridized carbons (Fsp3) is 0.118. The molecule has 25 heavy (non-hydrogen) atoms. The molecule has 128 valence electrons. The maximum atomic E-state index is 12.1. The topological polar surface area (TPSA) is 87.3 Å². The number of fused-ring (bicyclic) bond motifs is 1. The fourth-order valence-electron chi connectivity index (χ4n) is 2.20. The third-order valence-electron chi connectivity index (χ3n) is 3.33. The summed E-state index contributed by atoms with van der Waals surface area (Å²) >= 11 is 0. The molecule has 0 spiro atoms. The predicted molar refractivity (Wildman–Crippen MR) is 86.1 cm³/mol. The molecule has 0 aliphatic rings. The molecular weight excluding hydrogens is 332 g/mol. The summed E-state index contributed by atoms with van der Waals surface area (Å²) in [6.45, 7) is -3.09. The maximum Gasteiger partial charge on any atom is 0.387 e. The Morgan fingerprint density at radius 3 is 2.52 bits per heavy atom. The lowest BCUT2D eigenvalue weighted by Crippen LogP contribution is -2.09. The maximum absolute atomic E-state index is 12.1. The summed E-state index contributed by atoms with van der Waals surface area (Å²) in [5, 5.41) is 0.715. The van der Waals surface area contributed by atoms with Crippen molar-refractivity contribution in [2.75, 3.05) is 5.73 Å². The molecule has 0 saturated carbocycles. The molecule has 2 aromatic carbocycles. The highest BCUT2D eigenvalue weighted by atomic mass is 19.3. The number of nitrogen functional groups attached to an aromatic ring is 1. The lowest BCUT2D eigenvalue weighted by molar-refractivity contribution is -0.0498. The van der Waals surface area contributed by atoms with Crippen LogP contribution >= 0.6 is 0 Å². The molecule has 0 bridgehead atoms. The van der Waals surface area contributed by atoms with Crippen LogP contribution in [0.1, 0.15) is 16.2 Å². The number of para-hydroxylation sites is 1. The SMILES string of the molecule is Nc1nc(COC(=O)c2ccc(OC(F)F)cc2)nc2ccccc12. The fourth-order valence-corrected chi connectivity index (χ4v) is 2.20. The number of carbonyl (C=O) groups is 1. The van der Waals surface area contributed by atoms with Gasteiger partial charge in [0.1, 0.15) is 11.6 Å². The molecule has 1 heterocycles. The molecular formula is C17H13F2N3O3. The number of hydrogen-bond acceptors (Lipinski definition) is 6. The molecule has 0 saturated heterocycles. The van der Waals surface area contributed by atoms with Gasteiger partial charge in [-0.25, -0.2) is 14.8 Å². The van der Waals surface area contributed by atoms with E-state index in [2.05, 4.69) is 14.7 Å². The van der Waals surface area contributed by atoms with Gasteiger partial charge in [0.05, 0.1) is 11.1 Å². The van der Waals surface area contributed by atoms with E-state index in [4.69, 9.17) is 10.5 Å². The van der Waals surface area contributed by atoms with Crippen molar-refractivity contribution in [3.8, 4) is 5.75 Å². The number of anilines is 1. The molecule has 0 aliphatic heterocycles. The second-order valence-corrected chi connectivity index (χ2v) is 5.02. The zero-order valence-electron chi connectivity index (χ0n) is 12.9. The molecule has 3 rings (SSSR count). The normalized spacial score (nSPS) is 10.8. The van der Waals surface area contributed by atoms with Crippen LogP contribution in [0.4, 0.5) is 14.6 Å². The van der Waals surface area contributed by atoms with Crippen molar-refractivity contribution in [3.05, 3.63) is 59.9 Å². The molecule has 1 aromatic heterocycles. The van der Waals surface area contributed by atoms with Crippen LogP contribution in [0.5, 0.6) is 5.75 Å². The number of halogens is 2. The minimum Gasteiger partial charge on any atom is -0.454 e. The number of esters is 1. The molecule has 0 unspecified atom stereocenters. The molecule has 2 N–H and O–H groups in total. The molecule has 0 amide bonds. The van der Waals surface area contributed by atoms with E-state index in [1.165, 1.54) is 24.3 Å². The van der Waals surface area contributed by atoms with Crippen molar-refractivity contribution in [1.82, 2.24) is 9.97 Å². The van der Waals surface area contributed by atoms with Crippen LogP contribution < -0.4 is 10.5 Å². The van der Waals surface area contributed by atoms with E-state index in [0.29, 0.717) is 16.7 Å². The summed E-state index contributed by atoms with van der Waals surface area (Å²) in [7, 11) is 0. The molecule has 8 heteroatoms. The molecule has 0 atom stereocenters. The van der Waals surface area contributed by atoms with Gasteiger partial charge in [-0.15, -0.1) is 0 Å². The average Bonchev–Trinajstić information content (AvgIpc) is 2.60. The minimum atomic E-state index is -2.92. The lowest BCUT2D eigenvalue weighted by Gasteiger charge is -2.08. The third kappa shape index (κ3) is 3.97. The van der Waals surface area contributed by atoms with Crippen molar-refractivity contribution in [2.45, 2.75) is 13.2 Å². The summed E-state index contributed by atoms with van der Waals surface area (Å²) in [5.41, 5.74) is 6.70. The summed E-state index contributed by atoms with van der Waals surface area (Å²) in [6.07, 6.45) is 0. The van der Waals surface area contributed by atoms with E-state index in [-0.39, 0.29) is 23.7 Å². The standard InChI is InChI=1S/C17H13F2N3O3/c18-17(19)25-11-7-5-10(6-8-11)16(23)24-9-14-21-13-4-2-1-3-12(13)15(20)22-14/h1-8,17H,9H2,(H2,20,21,22). The van der Waals surface area contributed by atoms with Gasteiger partial charge in [-0.2, -0.15) is 8.78 Å². The van der Waals surface area contributed by atoms with Gasteiger partial charge in [0.25, 0.3) is 0 Å². The van der Waals surface area contributed by atoms with Crippen LogP contribution in [-0.4, -0.2) is 22.5 Å². The molecule has 0 radical (unpaired) electrons. The summed E-state index contributed by atoms with van der Waals surface area (Å²) in [4.78, 5) is 20.4. The van der Waals surface area contributed by atoms with E-state index in [1.807, 2.05) is 12.1 Å². The number of ether oxygens (including phenoxy) is 2. The minimum absolute atomic E-state index is 0.0443. The number of nitrogens with two attached hydrogens (primary N) is 1. The van der Waals surface area contributed by atoms with Gasteiger partial charge in [0, 0.05) is 5.39 Å². The first-order chi connectivity index (χ1) is 12.0. The number of alkyl halides is 2. The van der Waals surface area contributed by atoms with Crippen LogP contribution in [-0.2, 0) is 11.3 Å². The Morgan fingerprint density at radius 1 is 1.08 bits per heavy atom. The van der Waals surface area contributed by atoms with Gasteiger partial charge in [0.15, 0.2) is 12.4 Å². The number of carbonyl (C=O) groups excluding carboxylic acids is 1. The Kier molecular flexibility index (Phi) is 4.69. The average molecular weight is 345 g/mol. The molecule has 0 aliphatic carbocycles. The summed E-state index contributed by atoms with van der Waals surface area (Å²) in [6, 6.07) is 12.4. The van der Waals surface area contributed by atoms with E-state index >= 15 is 0 Å². The highest BCUT2D eigenvalue weighted by Crippen LogP contribution is 2.18. The second kappa shape index (κ2) is 7.08. The van der Waals surface area contributed by atoms with Crippen molar-refractivity contribution in [1.29, 1.82) is 0 Å². The summed E-state index contributed by atoms with van der Waals surface area (Å²) in [5.74, 6) is -0.122. The van der Waals surface area contributed by atoms with E-state index < -0.39 is 12.6 Å². The van der Waals surface area contributed by atoms with E-state index in [1.54, 1.807) is 12.1 Å². The zero-order valence-corrected chi connectivity index (χ0v) is 12.9. The highest BCUT2D eigenvalue weighted by Gasteiger charge is 2.11. The first kappa shape index (κ1) is 16.6. The Bertz CT molecular complexity index is 901. The molecule has 3 aromatic rings. The highest BCUT2D eigenvalue weighted by molar-refractivity contribution is 5.90. The Balaban J connectivity index is 1.68. The van der Waals surface area contributed by atoms with Crippen LogP contribution in [0.25, 0.3) is 10.9 Å². The molecule has 6 nitrogen and oxygen atoms in total. The predicted octanol–water partition coefficient (Wildman–Crippen LogP) is 3.17. The molecule has 0 fully saturated rings.